The van der Waals surface area contributed by atoms with Gasteiger partial charge in [-0.3, -0.25) is 4.79 Å². The van der Waals surface area contributed by atoms with E-state index in [1.54, 1.807) is 13.0 Å². The molecule has 240 valence electrons. The van der Waals surface area contributed by atoms with Crippen LogP contribution in [0.1, 0.15) is 94.9 Å². The molecule has 0 aliphatic heterocycles. The predicted octanol–water partition coefficient (Wildman–Crippen LogP) is 8.77. The number of rotatable bonds is 10. The highest BCUT2D eigenvalue weighted by molar-refractivity contribution is 5.95. The third kappa shape index (κ3) is 10.6. The van der Waals surface area contributed by atoms with E-state index >= 15 is 0 Å². The van der Waals surface area contributed by atoms with Gasteiger partial charge >= 0.3 is 0 Å². The van der Waals surface area contributed by atoms with Crippen molar-refractivity contribution in [2.45, 2.75) is 113 Å². The van der Waals surface area contributed by atoms with E-state index in [2.05, 4.69) is 25.7 Å². The minimum atomic E-state index is -1.06. The Labute approximate surface area is 267 Å². The van der Waals surface area contributed by atoms with E-state index in [0.29, 0.717) is 25.7 Å². The first kappa shape index (κ1) is 37.2. The van der Waals surface area contributed by atoms with E-state index in [9.17, 15) is 20.1 Å². The Kier molecular flexibility index (Phi) is 12.9. The van der Waals surface area contributed by atoms with Gasteiger partial charge in [0, 0.05) is 17.4 Å². The number of allylic oxidation sites excluding steroid dienone is 16. The van der Waals surface area contributed by atoms with Gasteiger partial charge in [-0.05, 0) is 82.4 Å². The van der Waals surface area contributed by atoms with Crippen LogP contribution in [0.4, 0.5) is 0 Å². The van der Waals surface area contributed by atoms with E-state index in [4.69, 9.17) is 0 Å². The zero-order valence-corrected chi connectivity index (χ0v) is 28.7. The van der Waals surface area contributed by atoms with Gasteiger partial charge in [0.25, 0.3) is 0 Å². The molecule has 2 aliphatic carbocycles. The average molecular weight is 601 g/mol. The van der Waals surface area contributed by atoms with Crippen LogP contribution in [0.25, 0.3) is 0 Å². The Hall–Kier alpha value is -3.01. The summed E-state index contributed by atoms with van der Waals surface area (Å²) < 4.78 is 0. The molecule has 2 fully saturated rings. The topological polar surface area (TPSA) is 77.8 Å². The second-order valence-corrected chi connectivity index (χ2v) is 14.6. The number of carbonyl (C=O) groups excluding carboxylic acids is 1. The Morgan fingerprint density at radius 1 is 0.659 bits per heavy atom. The summed E-state index contributed by atoms with van der Waals surface area (Å²) in [6.07, 6.45) is 26.8. The van der Waals surface area contributed by atoms with Gasteiger partial charge in [0.15, 0.2) is 5.78 Å². The second-order valence-electron chi connectivity index (χ2n) is 14.6. The first-order valence-corrected chi connectivity index (χ1v) is 15.8. The van der Waals surface area contributed by atoms with Crippen LogP contribution in [0.2, 0.25) is 0 Å². The van der Waals surface area contributed by atoms with Crippen LogP contribution in [-0.4, -0.2) is 38.9 Å². The number of aliphatic hydroxyl groups excluding tert-OH is 2. The third-order valence-electron chi connectivity index (χ3n) is 9.23. The normalized spacial score (nSPS) is 30.2. The van der Waals surface area contributed by atoms with Crippen molar-refractivity contribution in [3.63, 3.8) is 0 Å². The first-order valence-electron chi connectivity index (χ1n) is 15.8. The minimum Gasteiger partial charge on any atom is -0.393 e. The summed E-state index contributed by atoms with van der Waals surface area (Å²) in [5, 5.41) is 31.1. The fourth-order valence-electron chi connectivity index (χ4n) is 6.38. The SMILES string of the molecule is CC(C=CC(=O)C1(C)CC(O)CC1(C)C)=CC=CC(C)=C/C=C/C=C(C)/C=C/C=C(\C)C=C=C1C(C)(C)CC(O)CC1(C)O. The standard InChI is InChI=1S/C40H56O4/c1-29(17-13-19-31(3)21-23-35-37(5,6)25-33(41)28-40(35,10)44)15-11-12-16-30(2)18-14-20-32(4)22-24-36(43)39(9)27-34(42)26-38(39,7)8/h11-22,24,33-34,41-42,44H,25-28H2,1-10H3/b12-11+,17-13+,18-14?,24-22?,29-15+,30-16?,31-19+,32-20?. The van der Waals surface area contributed by atoms with Crippen LogP contribution in [0, 0.1) is 16.2 Å². The van der Waals surface area contributed by atoms with Gasteiger partial charge in [-0.15, -0.1) is 5.73 Å². The fourth-order valence-corrected chi connectivity index (χ4v) is 6.38. The summed E-state index contributed by atoms with van der Waals surface area (Å²) in [5.74, 6) is 0.0759. The van der Waals surface area contributed by atoms with Gasteiger partial charge in [-0.25, -0.2) is 0 Å². The lowest BCUT2D eigenvalue weighted by atomic mass is 9.65. The minimum absolute atomic E-state index is 0.0759. The van der Waals surface area contributed by atoms with Crippen LogP contribution >= 0.6 is 0 Å². The van der Waals surface area contributed by atoms with Crippen molar-refractivity contribution in [1.82, 2.24) is 0 Å². The fraction of sp³-hybridized carbons (Fsp3) is 0.500. The summed E-state index contributed by atoms with van der Waals surface area (Å²) in [6, 6.07) is 0. The van der Waals surface area contributed by atoms with Gasteiger partial charge in [0.2, 0.25) is 0 Å². The first-order chi connectivity index (χ1) is 20.3. The molecule has 3 N–H and O–H groups in total. The maximum absolute atomic E-state index is 12.9. The Morgan fingerprint density at radius 3 is 1.64 bits per heavy atom. The zero-order valence-electron chi connectivity index (χ0n) is 28.7. The zero-order chi connectivity index (χ0) is 33.3. The molecule has 4 nitrogen and oxygen atoms in total. The van der Waals surface area contributed by atoms with Crippen molar-refractivity contribution in [3.8, 4) is 0 Å². The molecule has 0 aromatic heterocycles. The summed E-state index contributed by atoms with van der Waals surface area (Å²) in [4.78, 5) is 12.9. The van der Waals surface area contributed by atoms with Crippen molar-refractivity contribution in [1.29, 1.82) is 0 Å². The highest BCUT2D eigenvalue weighted by atomic mass is 16.3. The van der Waals surface area contributed by atoms with Crippen LogP contribution in [0.15, 0.2) is 113 Å². The Morgan fingerprint density at radius 2 is 1.14 bits per heavy atom. The van der Waals surface area contributed by atoms with E-state index in [1.807, 2.05) is 115 Å². The summed E-state index contributed by atoms with van der Waals surface area (Å²) >= 11 is 0. The van der Waals surface area contributed by atoms with Gasteiger partial charge in [0.05, 0.1) is 17.8 Å². The smallest absolute Gasteiger partial charge is 0.162 e. The molecule has 4 atom stereocenters. The van der Waals surface area contributed by atoms with Crippen LogP contribution in [0.5, 0.6) is 0 Å². The molecule has 2 aliphatic rings. The number of ketones is 1. The summed E-state index contributed by atoms with van der Waals surface area (Å²) in [6.45, 7) is 20.0. The monoisotopic (exact) mass is 600 g/mol. The van der Waals surface area contributed by atoms with E-state index in [0.717, 1.165) is 27.9 Å². The molecule has 0 saturated heterocycles. The maximum atomic E-state index is 12.9. The lowest BCUT2D eigenvalue weighted by Gasteiger charge is -2.43. The van der Waals surface area contributed by atoms with Crippen LogP contribution in [-0.2, 0) is 4.79 Å². The number of hydrogen-bond acceptors (Lipinski definition) is 4. The molecule has 4 unspecified atom stereocenters. The molecule has 0 amide bonds. The van der Waals surface area contributed by atoms with Gasteiger partial charge in [0.1, 0.15) is 0 Å². The number of hydrogen-bond donors (Lipinski definition) is 3. The molecule has 0 aromatic carbocycles. The molecule has 2 saturated carbocycles. The molecule has 0 heterocycles. The largest absolute Gasteiger partial charge is 0.393 e. The molecule has 0 bridgehead atoms. The van der Waals surface area contributed by atoms with E-state index in [1.165, 1.54) is 0 Å². The van der Waals surface area contributed by atoms with Gasteiger partial charge in [-0.1, -0.05) is 118 Å². The summed E-state index contributed by atoms with van der Waals surface area (Å²) in [5.41, 5.74) is 6.26. The molecule has 0 radical (unpaired) electrons. The molecule has 0 aromatic rings. The molecular formula is C40H56O4. The highest BCUT2D eigenvalue weighted by Gasteiger charge is 2.52. The molecule has 4 heteroatoms. The summed E-state index contributed by atoms with van der Waals surface area (Å²) in [7, 11) is 0. The second kappa shape index (κ2) is 15.3. The lowest BCUT2D eigenvalue weighted by Crippen LogP contribution is -2.45. The Bertz CT molecular complexity index is 1340. The van der Waals surface area contributed by atoms with Crippen molar-refractivity contribution < 1.29 is 20.1 Å². The Balaban J connectivity index is 1.93. The third-order valence-corrected chi connectivity index (χ3v) is 9.23. The molecule has 44 heavy (non-hydrogen) atoms. The molecular weight excluding hydrogens is 544 g/mol. The van der Waals surface area contributed by atoms with Crippen molar-refractivity contribution >= 4 is 5.78 Å². The van der Waals surface area contributed by atoms with E-state index in [-0.39, 0.29) is 16.6 Å². The quantitative estimate of drug-likeness (QED) is 0.133. The van der Waals surface area contributed by atoms with Crippen molar-refractivity contribution in [3.05, 3.63) is 113 Å². The number of carbonyl (C=O) groups is 1. The molecule has 0 spiro atoms. The van der Waals surface area contributed by atoms with Crippen LogP contribution < -0.4 is 0 Å². The lowest BCUT2D eigenvalue weighted by molar-refractivity contribution is -0.127. The van der Waals surface area contributed by atoms with Crippen molar-refractivity contribution in [2.24, 2.45) is 16.2 Å². The highest BCUT2D eigenvalue weighted by Crippen LogP contribution is 2.53. The van der Waals surface area contributed by atoms with Crippen molar-refractivity contribution in [2.75, 3.05) is 0 Å². The van der Waals surface area contributed by atoms with Crippen LogP contribution in [0.3, 0.4) is 0 Å². The predicted molar refractivity (Wildman–Crippen MR) is 185 cm³/mol. The van der Waals surface area contributed by atoms with Gasteiger partial charge in [-0.2, -0.15) is 0 Å². The average Bonchev–Trinajstić information content (AvgIpc) is 3.09. The number of aliphatic hydroxyl groups is 3. The van der Waals surface area contributed by atoms with E-state index < -0.39 is 23.2 Å². The van der Waals surface area contributed by atoms with Gasteiger partial charge < -0.3 is 15.3 Å². The maximum Gasteiger partial charge on any atom is 0.162 e. The molecule has 2 rings (SSSR count).